The maximum Gasteiger partial charge on any atom is 0.255 e. The lowest BCUT2D eigenvalue weighted by Gasteiger charge is -2.26. The zero-order valence-electron chi connectivity index (χ0n) is 19.6. The monoisotopic (exact) mass is 508 g/mol. The number of anilines is 3. The van der Waals surface area contributed by atoms with E-state index in [-0.39, 0.29) is 23.5 Å². The maximum atomic E-state index is 14.5. The maximum absolute atomic E-state index is 14.5. The van der Waals surface area contributed by atoms with Crippen LogP contribution in [0.3, 0.4) is 0 Å². The molecule has 9 nitrogen and oxygen atoms in total. The van der Waals surface area contributed by atoms with Crippen molar-refractivity contribution in [3.8, 4) is 0 Å². The van der Waals surface area contributed by atoms with Gasteiger partial charge in [0, 0.05) is 29.6 Å². The van der Waals surface area contributed by atoms with Crippen LogP contribution in [0.25, 0.3) is 5.65 Å². The predicted octanol–water partition coefficient (Wildman–Crippen LogP) is 4.22. The fraction of sp³-hybridized carbons (Fsp3) is 0.240. The molecule has 0 saturated carbocycles. The summed E-state index contributed by atoms with van der Waals surface area (Å²) in [7, 11) is -3.40. The largest absolute Gasteiger partial charge is 0.349 e. The molecule has 1 fully saturated rings. The lowest BCUT2D eigenvalue weighted by atomic mass is 10.0. The van der Waals surface area contributed by atoms with Crippen LogP contribution < -0.4 is 14.9 Å². The van der Waals surface area contributed by atoms with Crippen molar-refractivity contribution >= 4 is 38.8 Å². The second-order valence-electron chi connectivity index (χ2n) is 8.52. The van der Waals surface area contributed by atoms with Gasteiger partial charge in [-0.3, -0.25) is 9.52 Å². The molecule has 0 aliphatic carbocycles. The average Bonchev–Trinajstić information content (AvgIpc) is 3.52. The molecule has 186 valence electrons. The van der Waals surface area contributed by atoms with Crippen molar-refractivity contribution in [1.29, 1.82) is 0 Å². The summed E-state index contributed by atoms with van der Waals surface area (Å²) < 4.78 is 42.0. The SMILES string of the molecule is CCS(=O)(=O)Nc1ccc(C(=O)Nc2cnn3ccc(N4CCC[C@@H]4c4ccccc4F)nc23)cc1. The topological polar surface area (TPSA) is 109 Å². The van der Waals surface area contributed by atoms with Crippen molar-refractivity contribution in [3.63, 3.8) is 0 Å². The molecule has 0 spiro atoms. The van der Waals surface area contributed by atoms with Gasteiger partial charge >= 0.3 is 0 Å². The van der Waals surface area contributed by atoms with Gasteiger partial charge in [0.05, 0.1) is 18.0 Å². The van der Waals surface area contributed by atoms with Crippen molar-refractivity contribution in [2.75, 3.05) is 27.2 Å². The molecular formula is C25H25FN6O3S. The lowest BCUT2D eigenvalue weighted by molar-refractivity contribution is 0.102. The van der Waals surface area contributed by atoms with Crippen LogP contribution in [0, 0.1) is 5.82 Å². The van der Waals surface area contributed by atoms with Crippen LogP contribution in [0.5, 0.6) is 0 Å². The normalized spacial score (nSPS) is 15.8. The Balaban J connectivity index is 1.37. The number of hydrogen-bond acceptors (Lipinski definition) is 6. The third-order valence-electron chi connectivity index (χ3n) is 6.21. The quantitative estimate of drug-likeness (QED) is 0.387. The van der Waals surface area contributed by atoms with Gasteiger partial charge in [0.15, 0.2) is 5.65 Å². The Labute approximate surface area is 208 Å². The van der Waals surface area contributed by atoms with Gasteiger partial charge in [0.2, 0.25) is 10.0 Å². The highest BCUT2D eigenvalue weighted by Crippen LogP contribution is 2.36. The zero-order chi connectivity index (χ0) is 25.3. The van der Waals surface area contributed by atoms with E-state index in [0.29, 0.717) is 34.0 Å². The minimum Gasteiger partial charge on any atom is -0.349 e. The van der Waals surface area contributed by atoms with Gasteiger partial charge in [-0.05, 0) is 56.2 Å². The highest BCUT2D eigenvalue weighted by molar-refractivity contribution is 7.92. The first kappa shape index (κ1) is 23.7. The van der Waals surface area contributed by atoms with E-state index in [4.69, 9.17) is 4.98 Å². The predicted molar refractivity (Wildman–Crippen MR) is 136 cm³/mol. The third-order valence-corrected chi connectivity index (χ3v) is 7.52. The van der Waals surface area contributed by atoms with E-state index in [9.17, 15) is 17.6 Å². The van der Waals surface area contributed by atoms with E-state index in [0.717, 1.165) is 19.4 Å². The van der Waals surface area contributed by atoms with Gasteiger partial charge in [-0.1, -0.05) is 18.2 Å². The number of nitrogens with one attached hydrogen (secondary N) is 2. The highest BCUT2D eigenvalue weighted by Gasteiger charge is 2.29. The van der Waals surface area contributed by atoms with Crippen LogP contribution in [0.2, 0.25) is 0 Å². The van der Waals surface area contributed by atoms with E-state index < -0.39 is 10.0 Å². The van der Waals surface area contributed by atoms with Crippen molar-refractivity contribution in [2.45, 2.75) is 25.8 Å². The molecule has 2 N–H and O–H groups in total. The summed E-state index contributed by atoms with van der Waals surface area (Å²) in [5.74, 6) is 0.0164. The van der Waals surface area contributed by atoms with Crippen molar-refractivity contribution < 1.29 is 17.6 Å². The molecule has 36 heavy (non-hydrogen) atoms. The molecule has 11 heteroatoms. The Bertz CT molecular complexity index is 1520. The number of hydrogen-bond donors (Lipinski definition) is 2. The number of carbonyl (C=O) groups is 1. The highest BCUT2D eigenvalue weighted by atomic mass is 32.2. The first-order valence-corrected chi connectivity index (χ1v) is 13.3. The number of nitrogens with zero attached hydrogens (tertiary/aromatic N) is 4. The Morgan fingerprint density at radius 3 is 2.67 bits per heavy atom. The molecule has 5 rings (SSSR count). The minimum absolute atomic E-state index is 0.0442. The van der Waals surface area contributed by atoms with E-state index in [1.54, 1.807) is 29.8 Å². The summed E-state index contributed by atoms with van der Waals surface area (Å²) in [6.07, 6.45) is 5.02. The summed E-state index contributed by atoms with van der Waals surface area (Å²) in [5.41, 5.74) is 2.27. The molecule has 1 saturated heterocycles. The summed E-state index contributed by atoms with van der Waals surface area (Å²) >= 11 is 0. The first-order valence-electron chi connectivity index (χ1n) is 11.6. The smallest absolute Gasteiger partial charge is 0.255 e. The van der Waals surface area contributed by atoms with Gasteiger partial charge in [-0.25, -0.2) is 22.3 Å². The number of sulfonamides is 1. The molecule has 4 aromatic rings. The second-order valence-corrected chi connectivity index (χ2v) is 10.5. The Kier molecular flexibility index (Phi) is 6.31. The van der Waals surface area contributed by atoms with Crippen LogP contribution in [-0.2, 0) is 10.0 Å². The molecule has 3 heterocycles. The zero-order valence-corrected chi connectivity index (χ0v) is 20.4. The molecule has 0 radical (unpaired) electrons. The Hall–Kier alpha value is -3.99. The summed E-state index contributed by atoms with van der Waals surface area (Å²) in [4.78, 5) is 19.7. The standard InChI is InChI=1S/C25H25FN6O3S/c1-2-36(34,35)30-18-11-9-17(10-12-18)25(33)28-21-16-27-32-15-13-23(29-24(21)32)31-14-5-8-22(31)19-6-3-4-7-20(19)26/h3-4,6-7,9-13,15-16,22,30H,2,5,8,14H2,1H3,(H,28,33)/t22-/m1/s1. The van der Waals surface area contributed by atoms with Crippen LogP contribution in [-0.4, -0.2) is 41.2 Å². The van der Waals surface area contributed by atoms with Crippen molar-refractivity contribution in [3.05, 3.63) is 83.9 Å². The van der Waals surface area contributed by atoms with Crippen molar-refractivity contribution in [1.82, 2.24) is 14.6 Å². The van der Waals surface area contributed by atoms with Gasteiger partial charge in [0.25, 0.3) is 5.91 Å². The molecule has 2 aromatic heterocycles. The van der Waals surface area contributed by atoms with E-state index in [1.807, 2.05) is 12.1 Å². The van der Waals surface area contributed by atoms with Gasteiger partial charge in [-0.15, -0.1) is 0 Å². The molecule has 0 unspecified atom stereocenters. The van der Waals surface area contributed by atoms with Crippen LogP contribution in [0.1, 0.15) is 41.7 Å². The summed E-state index contributed by atoms with van der Waals surface area (Å²) in [6.45, 7) is 2.29. The van der Waals surface area contributed by atoms with E-state index in [1.165, 1.54) is 36.5 Å². The van der Waals surface area contributed by atoms with Crippen LogP contribution in [0.4, 0.5) is 21.6 Å². The van der Waals surface area contributed by atoms with E-state index in [2.05, 4.69) is 20.0 Å². The summed E-state index contributed by atoms with van der Waals surface area (Å²) in [6, 6.07) is 14.6. The van der Waals surface area contributed by atoms with Crippen molar-refractivity contribution in [2.24, 2.45) is 0 Å². The number of fused-ring (bicyclic) bond motifs is 1. The van der Waals surface area contributed by atoms with Crippen LogP contribution in [0.15, 0.2) is 67.0 Å². The molecule has 2 aromatic carbocycles. The summed E-state index contributed by atoms with van der Waals surface area (Å²) in [5, 5.41) is 7.10. The second kappa shape index (κ2) is 9.57. The number of amides is 1. The van der Waals surface area contributed by atoms with Crippen LogP contribution >= 0.6 is 0 Å². The Morgan fingerprint density at radius 1 is 1.14 bits per heavy atom. The fourth-order valence-corrected chi connectivity index (χ4v) is 4.99. The number of halogens is 1. The van der Waals surface area contributed by atoms with Gasteiger partial charge < -0.3 is 10.2 Å². The first-order chi connectivity index (χ1) is 17.3. The molecule has 1 aliphatic rings. The molecule has 1 atom stereocenters. The third kappa shape index (κ3) is 4.74. The minimum atomic E-state index is -3.40. The van der Waals surface area contributed by atoms with E-state index >= 15 is 0 Å². The average molecular weight is 509 g/mol. The lowest BCUT2D eigenvalue weighted by Crippen LogP contribution is -2.24. The molecular weight excluding hydrogens is 483 g/mol. The number of rotatable bonds is 7. The molecule has 1 amide bonds. The number of benzene rings is 2. The fourth-order valence-electron chi connectivity index (χ4n) is 4.35. The molecule has 0 bridgehead atoms. The number of carbonyl (C=O) groups excluding carboxylic acids is 1. The Morgan fingerprint density at radius 2 is 1.92 bits per heavy atom. The van der Waals surface area contributed by atoms with Gasteiger partial charge in [-0.2, -0.15) is 5.10 Å². The van der Waals surface area contributed by atoms with Gasteiger partial charge in [0.1, 0.15) is 17.3 Å². The molecule has 1 aliphatic heterocycles. The number of aromatic nitrogens is 3.